The molecule has 2 heterocycles. The van der Waals surface area contributed by atoms with Crippen LogP contribution in [0.3, 0.4) is 0 Å². The number of nitriles is 1. The molecule has 2 aromatic heterocycles. The molecule has 0 saturated carbocycles. The van der Waals surface area contributed by atoms with Crippen molar-refractivity contribution in [3.63, 3.8) is 0 Å². The largest absolute Gasteiger partial charge is 0.453 e. The second kappa shape index (κ2) is 8.83. The standard InChI is InChI=1S/C24H25N3O3/c1-15(2)13-27-16(3)9-18(17(27)4)10-19(11-25)24(29)30-14-23(28)21-12-26-22-8-6-5-7-20(21)22/h5-10,12,15,26H,13-14H2,1-4H3/b19-10+. The van der Waals surface area contributed by atoms with Crippen molar-refractivity contribution in [2.24, 2.45) is 5.92 Å². The maximum Gasteiger partial charge on any atom is 0.349 e. The molecular formula is C24H25N3O3. The van der Waals surface area contributed by atoms with Gasteiger partial charge in [0.1, 0.15) is 11.6 Å². The number of carbonyl (C=O) groups excluding carboxylic acids is 2. The van der Waals surface area contributed by atoms with Gasteiger partial charge in [0.25, 0.3) is 0 Å². The summed E-state index contributed by atoms with van der Waals surface area (Å²) >= 11 is 0. The van der Waals surface area contributed by atoms with Gasteiger partial charge < -0.3 is 14.3 Å². The van der Waals surface area contributed by atoms with Gasteiger partial charge in [-0.2, -0.15) is 5.26 Å². The predicted octanol–water partition coefficient (Wildman–Crippen LogP) is 4.58. The van der Waals surface area contributed by atoms with E-state index in [0.717, 1.165) is 34.4 Å². The van der Waals surface area contributed by atoms with Gasteiger partial charge in [-0.05, 0) is 43.5 Å². The topological polar surface area (TPSA) is 87.9 Å². The van der Waals surface area contributed by atoms with Crippen LogP contribution >= 0.6 is 0 Å². The number of carbonyl (C=O) groups is 2. The number of nitrogens with one attached hydrogen (secondary N) is 1. The van der Waals surface area contributed by atoms with E-state index in [1.165, 1.54) is 6.08 Å². The first-order chi connectivity index (χ1) is 14.3. The fourth-order valence-electron chi connectivity index (χ4n) is 3.50. The highest BCUT2D eigenvalue weighted by atomic mass is 16.5. The lowest BCUT2D eigenvalue weighted by Crippen LogP contribution is -2.15. The van der Waals surface area contributed by atoms with Gasteiger partial charge >= 0.3 is 5.97 Å². The van der Waals surface area contributed by atoms with Gasteiger partial charge in [-0.1, -0.05) is 32.0 Å². The molecule has 0 unspecified atom stereocenters. The number of benzene rings is 1. The average molecular weight is 403 g/mol. The minimum atomic E-state index is -0.806. The molecule has 6 nitrogen and oxygen atoms in total. The van der Waals surface area contributed by atoms with E-state index in [0.29, 0.717) is 11.5 Å². The molecule has 0 saturated heterocycles. The number of esters is 1. The third-order valence-electron chi connectivity index (χ3n) is 5.02. The summed E-state index contributed by atoms with van der Waals surface area (Å²) < 4.78 is 7.31. The number of rotatable bonds is 7. The minimum absolute atomic E-state index is 0.133. The molecule has 6 heteroatoms. The Morgan fingerprint density at radius 2 is 2.00 bits per heavy atom. The van der Waals surface area contributed by atoms with Crippen molar-refractivity contribution in [2.45, 2.75) is 34.2 Å². The van der Waals surface area contributed by atoms with Gasteiger partial charge in [-0.15, -0.1) is 0 Å². The zero-order valence-corrected chi connectivity index (χ0v) is 17.7. The summed E-state index contributed by atoms with van der Waals surface area (Å²) in [5, 5.41) is 10.2. The van der Waals surface area contributed by atoms with Crippen LogP contribution in [0.1, 0.15) is 41.2 Å². The first-order valence-corrected chi connectivity index (χ1v) is 9.86. The van der Waals surface area contributed by atoms with E-state index in [-0.39, 0.29) is 11.4 Å². The van der Waals surface area contributed by atoms with Gasteiger partial charge in [-0.25, -0.2) is 4.79 Å². The molecule has 3 rings (SSSR count). The van der Waals surface area contributed by atoms with Crippen LogP contribution in [0.4, 0.5) is 0 Å². The van der Waals surface area contributed by atoms with Crippen LogP contribution in [-0.2, 0) is 16.1 Å². The number of H-pyrrole nitrogens is 1. The SMILES string of the molecule is Cc1cc(/C=C(\C#N)C(=O)OCC(=O)c2c[nH]c3ccccc23)c(C)n1CC(C)C. The molecule has 0 aliphatic carbocycles. The molecule has 0 radical (unpaired) electrons. The van der Waals surface area contributed by atoms with E-state index in [1.807, 2.05) is 50.2 Å². The van der Waals surface area contributed by atoms with Crippen molar-refractivity contribution in [1.82, 2.24) is 9.55 Å². The molecular weight excluding hydrogens is 378 g/mol. The van der Waals surface area contributed by atoms with E-state index in [4.69, 9.17) is 4.74 Å². The fourth-order valence-corrected chi connectivity index (χ4v) is 3.50. The maximum atomic E-state index is 12.5. The second-order valence-electron chi connectivity index (χ2n) is 7.75. The third kappa shape index (κ3) is 4.36. The number of nitrogens with zero attached hydrogens (tertiary/aromatic N) is 2. The number of hydrogen-bond acceptors (Lipinski definition) is 4. The second-order valence-corrected chi connectivity index (χ2v) is 7.75. The summed E-state index contributed by atoms with van der Waals surface area (Å²) in [7, 11) is 0. The summed E-state index contributed by atoms with van der Waals surface area (Å²) in [5.41, 5.74) is 4.00. The molecule has 0 fully saturated rings. The minimum Gasteiger partial charge on any atom is -0.453 e. The summed E-state index contributed by atoms with van der Waals surface area (Å²) in [5.74, 6) is -0.657. The Kier molecular flexibility index (Phi) is 6.22. The monoisotopic (exact) mass is 403 g/mol. The van der Waals surface area contributed by atoms with Gasteiger partial charge in [-0.3, -0.25) is 4.79 Å². The van der Waals surface area contributed by atoms with E-state index >= 15 is 0 Å². The lowest BCUT2D eigenvalue weighted by Gasteiger charge is -2.12. The molecule has 0 bridgehead atoms. The lowest BCUT2D eigenvalue weighted by atomic mass is 10.1. The van der Waals surface area contributed by atoms with Crippen LogP contribution in [0.2, 0.25) is 0 Å². The van der Waals surface area contributed by atoms with E-state index in [1.54, 1.807) is 6.20 Å². The molecule has 3 aromatic rings. The van der Waals surface area contributed by atoms with Crippen molar-refractivity contribution in [3.05, 3.63) is 64.6 Å². The lowest BCUT2D eigenvalue weighted by molar-refractivity contribution is -0.137. The number of aromatic nitrogens is 2. The van der Waals surface area contributed by atoms with Crippen molar-refractivity contribution < 1.29 is 14.3 Å². The van der Waals surface area contributed by atoms with Gasteiger partial charge in [0, 0.05) is 40.6 Å². The Hall–Kier alpha value is -3.59. The van der Waals surface area contributed by atoms with E-state index in [9.17, 15) is 14.9 Å². The molecule has 1 aromatic carbocycles. The highest BCUT2D eigenvalue weighted by Crippen LogP contribution is 2.21. The van der Waals surface area contributed by atoms with Crippen LogP contribution < -0.4 is 0 Å². The molecule has 0 aliphatic heterocycles. The number of aromatic amines is 1. The average Bonchev–Trinajstić information content (AvgIpc) is 3.26. The number of aryl methyl sites for hydroxylation is 1. The summed E-state index contributed by atoms with van der Waals surface area (Å²) in [6.45, 7) is 8.66. The van der Waals surface area contributed by atoms with E-state index in [2.05, 4.69) is 23.4 Å². The first-order valence-electron chi connectivity index (χ1n) is 9.86. The molecule has 0 amide bonds. The number of fused-ring (bicyclic) bond motifs is 1. The smallest absolute Gasteiger partial charge is 0.349 e. The van der Waals surface area contributed by atoms with Crippen molar-refractivity contribution in [1.29, 1.82) is 5.26 Å². The number of hydrogen-bond donors (Lipinski definition) is 1. The van der Waals surface area contributed by atoms with Gasteiger partial charge in [0.15, 0.2) is 6.61 Å². The summed E-state index contributed by atoms with van der Waals surface area (Å²) in [4.78, 5) is 27.9. The Morgan fingerprint density at radius 3 is 2.70 bits per heavy atom. The highest BCUT2D eigenvalue weighted by molar-refractivity contribution is 6.09. The molecule has 1 N–H and O–H groups in total. The van der Waals surface area contributed by atoms with Crippen molar-refractivity contribution in [2.75, 3.05) is 6.61 Å². The molecule has 0 spiro atoms. The Morgan fingerprint density at radius 1 is 1.27 bits per heavy atom. The van der Waals surface area contributed by atoms with Gasteiger partial charge in [0.05, 0.1) is 0 Å². The Labute approximate surface area is 175 Å². The third-order valence-corrected chi connectivity index (χ3v) is 5.02. The number of ketones is 1. The summed E-state index contributed by atoms with van der Waals surface area (Å²) in [6, 6.07) is 11.2. The number of para-hydroxylation sites is 1. The zero-order chi connectivity index (χ0) is 21.8. The van der Waals surface area contributed by atoms with Crippen LogP contribution in [0, 0.1) is 31.1 Å². The Bertz CT molecular complexity index is 1170. The Balaban J connectivity index is 1.74. The molecule has 0 atom stereocenters. The normalized spacial score (nSPS) is 11.7. The quantitative estimate of drug-likeness (QED) is 0.271. The van der Waals surface area contributed by atoms with E-state index < -0.39 is 12.6 Å². The number of Topliss-reactive ketones (excluding diaryl/α,β-unsaturated/α-hetero) is 1. The maximum absolute atomic E-state index is 12.5. The van der Waals surface area contributed by atoms with Crippen molar-refractivity contribution in [3.8, 4) is 6.07 Å². The predicted molar refractivity (Wildman–Crippen MR) is 116 cm³/mol. The van der Waals surface area contributed by atoms with Crippen molar-refractivity contribution >= 4 is 28.7 Å². The number of ether oxygens (including phenoxy) is 1. The first kappa shape index (κ1) is 21.1. The molecule has 154 valence electrons. The summed E-state index contributed by atoms with van der Waals surface area (Å²) in [6.07, 6.45) is 3.13. The van der Waals surface area contributed by atoms with Crippen LogP contribution in [0.25, 0.3) is 17.0 Å². The molecule has 30 heavy (non-hydrogen) atoms. The highest BCUT2D eigenvalue weighted by Gasteiger charge is 2.18. The fraction of sp³-hybridized carbons (Fsp3) is 0.292. The van der Waals surface area contributed by atoms with Crippen LogP contribution in [0.5, 0.6) is 0 Å². The molecule has 0 aliphatic rings. The van der Waals surface area contributed by atoms with Crippen LogP contribution in [-0.4, -0.2) is 27.9 Å². The zero-order valence-electron chi connectivity index (χ0n) is 17.7. The van der Waals surface area contributed by atoms with Crippen LogP contribution in [0.15, 0.2) is 42.1 Å². The van der Waals surface area contributed by atoms with Gasteiger partial charge in [0.2, 0.25) is 5.78 Å².